The fourth-order valence-electron chi connectivity index (χ4n) is 3.07. The highest BCUT2D eigenvalue weighted by atomic mass is 32.2. The van der Waals surface area contributed by atoms with Crippen LogP contribution in [0.4, 0.5) is 10.8 Å². The van der Waals surface area contributed by atoms with Gasteiger partial charge in [0.1, 0.15) is 5.01 Å². The summed E-state index contributed by atoms with van der Waals surface area (Å²) >= 11 is 2.65. The molecule has 0 spiro atoms. The molecule has 1 aromatic carbocycles. The average molecular weight is 447 g/mol. The third-order valence-corrected chi connectivity index (χ3v) is 6.47. The van der Waals surface area contributed by atoms with Gasteiger partial charge in [0, 0.05) is 10.6 Å². The van der Waals surface area contributed by atoms with Crippen LogP contribution >= 0.6 is 23.1 Å². The van der Waals surface area contributed by atoms with Crippen molar-refractivity contribution in [3.05, 3.63) is 41.4 Å². The molecule has 0 fully saturated rings. The molecule has 3 atom stereocenters. The number of hydrogen-bond donors (Lipinski definition) is 3. The summed E-state index contributed by atoms with van der Waals surface area (Å²) in [6, 6.07) is 7.15. The highest BCUT2D eigenvalue weighted by molar-refractivity contribution is 8.00. The molecule has 0 saturated carbocycles. The molecule has 1 aromatic heterocycles. The normalized spacial score (nSPS) is 19.1. The molecule has 3 rings (SSSR count). The smallest absolute Gasteiger partial charge is 0.307 e. The molecule has 0 aliphatic heterocycles. The van der Waals surface area contributed by atoms with Crippen molar-refractivity contribution in [3.8, 4) is 0 Å². The number of nitrogens with zero attached hydrogens (tertiary/aromatic N) is 2. The minimum Gasteiger partial charge on any atom is -0.481 e. The summed E-state index contributed by atoms with van der Waals surface area (Å²) in [4.78, 5) is 37.2. The fraction of sp³-hybridized carbons (Fsp3) is 0.350. The van der Waals surface area contributed by atoms with Crippen LogP contribution in [0.1, 0.15) is 24.8 Å². The monoisotopic (exact) mass is 446 g/mol. The topological polar surface area (TPSA) is 121 Å². The van der Waals surface area contributed by atoms with Crippen molar-refractivity contribution >= 4 is 51.7 Å². The zero-order chi connectivity index (χ0) is 21.7. The number of anilines is 2. The maximum absolute atomic E-state index is 12.6. The van der Waals surface area contributed by atoms with Crippen molar-refractivity contribution in [1.82, 2.24) is 10.2 Å². The molecular formula is C20H22N4O4S2. The van der Waals surface area contributed by atoms with Gasteiger partial charge < -0.3 is 10.4 Å². The number of hydrogen-bond acceptors (Lipinski definition) is 7. The molecule has 8 nitrogen and oxygen atoms in total. The number of aryl methyl sites for hydroxylation is 1. The van der Waals surface area contributed by atoms with E-state index >= 15 is 0 Å². The zero-order valence-corrected chi connectivity index (χ0v) is 18.1. The standard InChI is InChI=1S/C20H22N4O4S2/c1-11(17(25)22-20-24-23-12(2)30-20)29-14-7-5-6-13(10-14)21-18(26)15-8-3-4-9-16(15)19(27)28/h3-7,10-11,15-16H,8-9H2,1-2H3,(H,21,26)(H,27,28)(H,22,24,25). The molecule has 30 heavy (non-hydrogen) atoms. The Balaban J connectivity index is 1.61. The maximum Gasteiger partial charge on any atom is 0.307 e. The van der Waals surface area contributed by atoms with E-state index in [0.29, 0.717) is 23.7 Å². The minimum atomic E-state index is -0.964. The molecule has 0 saturated heterocycles. The van der Waals surface area contributed by atoms with Gasteiger partial charge in [-0.1, -0.05) is 29.6 Å². The predicted octanol–water partition coefficient (Wildman–Crippen LogP) is 3.57. The first-order chi connectivity index (χ1) is 14.3. The van der Waals surface area contributed by atoms with E-state index in [1.165, 1.54) is 23.1 Å². The molecule has 2 aromatic rings. The molecule has 0 bridgehead atoms. The third-order valence-electron chi connectivity index (χ3n) is 4.63. The Labute approximate surface area is 182 Å². The van der Waals surface area contributed by atoms with Gasteiger partial charge in [-0.05, 0) is 44.9 Å². The highest BCUT2D eigenvalue weighted by Crippen LogP contribution is 2.30. The maximum atomic E-state index is 12.6. The zero-order valence-electron chi connectivity index (χ0n) is 16.5. The summed E-state index contributed by atoms with van der Waals surface area (Å²) in [5, 5.41) is 23.5. The number of thioether (sulfide) groups is 1. The molecule has 1 heterocycles. The molecule has 0 radical (unpaired) electrons. The number of carbonyl (C=O) groups excluding carboxylic acids is 2. The van der Waals surface area contributed by atoms with E-state index in [1.54, 1.807) is 31.2 Å². The van der Waals surface area contributed by atoms with E-state index in [9.17, 15) is 19.5 Å². The van der Waals surface area contributed by atoms with E-state index in [1.807, 2.05) is 19.1 Å². The number of allylic oxidation sites excluding steroid dienone is 2. The summed E-state index contributed by atoms with van der Waals surface area (Å²) < 4.78 is 0. The second kappa shape index (κ2) is 9.86. The molecule has 158 valence electrons. The van der Waals surface area contributed by atoms with Crippen LogP contribution in [0, 0.1) is 18.8 Å². The van der Waals surface area contributed by atoms with Crippen molar-refractivity contribution in [2.24, 2.45) is 11.8 Å². The van der Waals surface area contributed by atoms with Gasteiger partial charge in [0.15, 0.2) is 0 Å². The summed E-state index contributed by atoms with van der Waals surface area (Å²) in [6.07, 6.45) is 4.40. The lowest BCUT2D eigenvalue weighted by atomic mass is 9.82. The summed E-state index contributed by atoms with van der Waals surface area (Å²) in [7, 11) is 0. The van der Waals surface area contributed by atoms with Gasteiger partial charge in [-0.2, -0.15) is 0 Å². The Morgan fingerprint density at radius 1 is 1.17 bits per heavy atom. The van der Waals surface area contributed by atoms with Gasteiger partial charge in [-0.15, -0.1) is 22.0 Å². The Bertz CT molecular complexity index is 975. The summed E-state index contributed by atoms with van der Waals surface area (Å²) in [5.74, 6) is -2.80. The Morgan fingerprint density at radius 2 is 1.90 bits per heavy atom. The fourth-order valence-corrected chi connectivity index (χ4v) is 4.59. The lowest BCUT2D eigenvalue weighted by molar-refractivity contribution is -0.146. The molecule has 3 N–H and O–H groups in total. The number of carboxylic acid groups (broad SMARTS) is 1. The average Bonchev–Trinajstić information content (AvgIpc) is 3.12. The number of benzene rings is 1. The molecule has 2 amide bonds. The van der Waals surface area contributed by atoms with Crippen LogP contribution in [0.25, 0.3) is 0 Å². The molecule has 1 aliphatic rings. The van der Waals surface area contributed by atoms with E-state index < -0.39 is 17.8 Å². The first-order valence-electron chi connectivity index (χ1n) is 9.40. The number of nitrogens with one attached hydrogen (secondary N) is 2. The van der Waals surface area contributed by atoms with Crippen LogP contribution in [0.15, 0.2) is 41.3 Å². The number of carboxylic acids is 1. The number of rotatable bonds is 7. The molecular weight excluding hydrogens is 424 g/mol. The van der Waals surface area contributed by atoms with Crippen LogP contribution in [0.2, 0.25) is 0 Å². The van der Waals surface area contributed by atoms with E-state index in [2.05, 4.69) is 20.8 Å². The van der Waals surface area contributed by atoms with E-state index in [-0.39, 0.29) is 17.1 Å². The minimum absolute atomic E-state index is 0.191. The van der Waals surface area contributed by atoms with Crippen LogP contribution in [0.3, 0.4) is 0 Å². The van der Waals surface area contributed by atoms with Gasteiger partial charge in [0.25, 0.3) is 0 Å². The van der Waals surface area contributed by atoms with Gasteiger partial charge in [-0.25, -0.2) is 0 Å². The number of aliphatic carboxylic acids is 1. The Kier molecular flexibility index (Phi) is 7.22. The largest absolute Gasteiger partial charge is 0.481 e. The van der Waals surface area contributed by atoms with Crippen molar-refractivity contribution in [2.75, 3.05) is 10.6 Å². The van der Waals surface area contributed by atoms with Crippen LogP contribution in [-0.2, 0) is 14.4 Å². The molecule has 1 aliphatic carbocycles. The first kappa shape index (κ1) is 22.0. The Morgan fingerprint density at radius 3 is 2.57 bits per heavy atom. The van der Waals surface area contributed by atoms with E-state index in [0.717, 1.165) is 9.90 Å². The van der Waals surface area contributed by atoms with Crippen molar-refractivity contribution in [1.29, 1.82) is 0 Å². The quantitative estimate of drug-likeness (QED) is 0.439. The lowest BCUT2D eigenvalue weighted by Crippen LogP contribution is -2.34. The molecule has 3 unspecified atom stereocenters. The highest BCUT2D eigenvalue weighted by Gasteiger charge is 2.34. The number of carbonyl (C=O) groups is 3. The van der Waals surface area contributed by atoms with Gasteiger partial charge in [0.2, 0.25) is 16.9 Å². The summed E-state index contributed by atoms with van der Waals surface area (Å²) in [5.41, 5.74) is 0.566. The first-order valence-corrected chi connectivity index (χ1v) is 11.1. The van der Waals surface area contributed by atoms with Gasteiger partial charge in [-0.3, -0.25) is 19.7 Å². The van der Waals surface area contributed by atoms with E-state index in [4.69, 9.17) is 0 Å². The van der Waals surface area contributed by atoms with Crippen LogP contribution in [0.5, 0.6) is 0 Å². The predicted molar refractivity (Wildman–Crippen MR) is 117 cm³/mol. The summed E-state index contributed by atoms with van der Waals surface area (Å²) in [6.45, 7) is 3.60. The van der Waals surface area contributed by atoms with Gasteiger partial charge >= 0.3 is 5.97 Å². The van der Waals surface area contributed by atoms with Gasteiger partial charge in [0.05, 0.1) is 17.1 Å². The lowest BCUT2D eigenvalue weighted by Gasteiger charge is -2.24. The Hall–Kier alpha value is -2.72. The second-order valence-corrected chi connectivity index (χ2v) is 9.48. The second-order valence-electron chi connectivity index (χ2n) is 6.89. The number of aromatic nitrogens is 2. The van der Waals surface area contributed by atoms with Crippen molar-refractivity contribution in [3.63, 3.8) is 0 Å². The third kappa shape index (κ3) is 5.67. The molecule has 10 heteroatoms. The van der Waals surface area contributed by atoms with Crippen molar-refractivity contribution < 1.29 is 19.5 Å². The van der Waals surface area contributed by atoms with Crippen molar-refractivity contribution in [2.45, 2.75) is 36.8 Å². The van der Waals surface area contributed by atoms with Crippen LogP contribution in [-0.4, -0.2) is 38.3 Å². The van der Waals surface area contributed by atoms with Crippen LogP contribution < -0.4 is 10.6 Å². The SMILES string of the molecule is Cc1nnc(NC(=O)C(C)Sc2cccc(NC(=O)C3CC=CCC3C(=O)O)c2)s1. The number of amides is 2.